The van der Waals surface area contributed by atoms with Gasteiger partial charge in [-0.25, -0.2) is 0 Å². The number of hydrogen-bond donors (Lipinski definition) is 0. The van der Waals surface area contributed by atoms with Crippen molar-refractivity contribution < 1.29 is 4.79 Å². The monoisotopic (exact) mass is 228 g/mol. The summed E-state index contributed by atoms with van der Waals surface area (Å²) in [4.78, 5) is 11.9. The van der Waals surface area contributed by atoms with Gasteiger partial charge < -0.3 is 0 Å². The predicted molar refractivity (Wildman–Crippen MR) is 71.0 cm³/mol. The van der Waals surface area contributed by atoms with E-state index in [-0.39, 0.29) is 0 Å². The van der Waals surface area contributed by atoms with Gasteiger partial charge in [0, 0.05) is 6.42 Å². The van der Waals surface area contributed by atoms with E-state index in [1.807, 2.05) is 26.0 Å². The second kappa shape index (κ2) is 5.31. The van der Waals surface area contributed by atoms with Crippen LogP contribution in [-0.4, -0.2) is 5.78 Å². The second-order valence-corrected chi connectivity index (χ2v) is 4.72. The van der Waals surface area contributed by atoms with Crippen molar-refractivity contribution in [3.05, 3.63) is 47.5 Å². The van der Waals surface area contributed by atoms with Crippen molar-refractivity contribution in [2.75, 3.05) is 0 Å². The molecule has 1 fully saturated rings. The van der Waals surface area contributed by atoms with Crippen LogP contribution < -0.4 is 0 Å². The maximum atomic E-state index is 11.9. The largest absolute Gasteiger partial charge is 0.295 e. The van der Waals surface area contributed by atoms with Gasteiger partial charge in [-0.1, -0.05) is 43.3 Å². The lowest BCUT2D eigenvalue weighted by molar-refractivity contribution is -0.116. The minimum absolute atomic E-state index is 0.318. The molecule has 0 amide bonds. The Bertz CT molecular complexity index is 416. The number of rotatable bonds is 4. The zero-order valence-electron chi connectivity index (χ0n) is 10.6. The molecule has 1 aliphatic carbocycles. The van der Waals surface area contributed by atoms with Crippen molar-refractivity contribution in [3.63, 3.8) is 0 Å². The fourth-order valence-electron chi connectivity index (χ4n) is 2.76. The van der Waals surface area contributed by atoms with E-state index in [4.69, 9.17) is 0 Å². The Morgan fingerprint density at radius 3 is 2.47 bits per heavy atom. The predicted octanol–water partition coefficient (Wildman–Crippen LogP) is 4.11. The molecule has 0 bridgehead atoms. The molecule has 0 spiro atoms. The average Bonchev–Trinajstić information content (AvgIpc) is 2.34. The van der Waals surface area contributed by atoms with Crippen LogP contribution in [0.2, 0.25) is 0 Å². The number of ketones is 1. The Morgan fingerprint density at radius 2 is 2.00 bits per heavy atom. The average molecular weight is 228 g/mol. The van der Waals surface area contributed by atoms with Crippen LogP contribution in [-0.2, 0) is 4.79 Å². The highest BCUT2D eigenvalue weighted by Crippen LogP contribution is 2.46. The van der Waals surface area contributed by atoms with E-state index in [1.165, 1.54) is 12.0 Å². The van der Waals surface area contributed by atoms with Gasteiger partial charge in [0.25, 0.3) is 0 Å². The maximum absolute atomic E-state index is 11.9. The molecule has 1 nitrogen and oxygen atoms in total. The summed E-state index contributed by atoms with van der Waals surface area (Å²) in [5.41, 5.74) is 2.43. The van der Waals surface area contributed by atoms with Crippen LogP contribution in [0.4, 0.5) is 0 Å². The van der Waals surface area contributed by atoms with Crippen molar-refractivity contribution in [3.8, 4) is 0 Å². The summed E-state index contributed by atoms with van der Waals surface area (Å²) in [6.07, 6.45) is 5.01. The first kappa shape index (κ1) is 12.1. The normalized spacial score (nSPS) is 24.2. The van der Waals surface area contributed by atoms with E-state index in [9.17, 15) is 4.79 Å². The van der Waals surface area contributed by atoms with Gasteiger partial charge in [0.15, 0.2) is 5.78 Å². The first-order valence-corrected chi connectivity index (χ1v) is 6.52. The lowest BCUT2D eigenvalue weighted by atomic mass is 9.65. The number of Topliss-reactive ketones (excluding diaryl/α,β-unsaturated/α-hetero) is 1. The highest BCUT2D eigenvalue weighted by atomic mass is 16.1. The Balaban J connectivity index is 2.16. The lowest BCUT2D eigenvalue weighted by Crippen LogP contribution is -2.28. The number of carbonyl (C=O) groups excluding carboxylic acids is 1. The summed E-state index contributed by atoms with van der Waals surface area (Å²) >= 11 is 0. The molecule has 1 aromatic rings. The Hall–Kier alpha value is -1.37. The minimum atomic E-state index is 0.318. The molecular weight excluding hydrogens is 208 g/mol. The molecule has 2 unspecified atom stereocenters. The molecule has 1 aromatic carbocycles. The summed E-state index contributed by atoms with van der Waals surface area (Å²) in [5.74, 6) is 1.32. The molecule has 90 valence electrons. The Kier molecular flexibility index (Phi) is 3.78. The third-order valence-electron chi connectivity index (χ3n) is 3.86. The van der Waals surface area contributed by atoms with Crippen molar-refractivity contribution >= 4 is 5.78 Å². The van der Waals surface area contributed by atoms with Gasteiger partial charge in [-0.05, 0) is 42.7 Å². The highest BCUT2D eigenvalue weighted by molar-refractivity contribution is 5.95. The van der Waals surface area contributed by atoms with E-state index in [0.29, 0.717) is 24.0 Å². The molecule has 0 aromatic heterocycles. The van der Waals surface area contributed by atoms with Crippen molar-refractivity contribution in [2.24, 2.45) is 5.92 Å². The number of allylic oxidation sites excluding steroid dienone is 2. The van der Waals surface area contributed by atoms with Crippen molar-refractivity contribution in [2.45, 2.75) is 39.0 Å². The summed E-state index contributed by atoms with van der Waals surface area (Å²) in [7, 11) is 0. The van der Waals surface area contributed by atoms with Crippen LogP contribution in [0.15, 0.2) is 42.0 Å². The van der Waals surface area contributed by atoms with Gasteiger partial charge in [0.1, 0.15) is 0 Å². The fraction of sp³-hybridized carbons (Fsp3) is 0.438. The van der Waals surface area contributed by atoms with Gasteiger partial charge in [0.2, 0.25) is 0 Å². The first-order chi connectivity index (χ1) is 8.27. The molecule has 1 saturated carbocycles. The molecule has 0 heterocycles. The smallest absolute Gasteiger partial charge is 0.158 e. The molecular formula is C16H20O. The summed E-state index contributed by atoms with van der Waals surface area (Å²) < 4.78 is 0. The standard InChI is InChI=1S/C16H20O/c1-3-13(16(17)4-2)15-11-10-14(15)12-8-6-5-7-9-12/h3,5-9,14-15H,4,10-11H2,1-2H3/b13-3+. The molecule has 0 aliphatic heterocycles. The van der Waals surface area contributed by atoms with Crippen LogP contribution in [0.3, 0.4) is 0 Å². The van der Waals surface area contributed by atoms with Crippen LogP contribution in [0.1, 0.15) is 44.6 Å². The molecule has 2 rings (SSSR count). The third kappa shape index (κ3) is 2.33. The zero-order chi connectivity index (χ0) is 12.3. The lowest BCUT2D eigenvalue weighted by Gasteiger charge is -2.38. The van der Waals surface area contributed by atoms with Crippen LogP contribution >= 0.6 is 0 Å². The van der Waals surface area contributed by atoms with Crippen molar-refractivity contribution in [1.29, 1.82) is 0 Å². The second-order valence-electron chi connectivity index (χ2n) is 4.72. The van der Waals surface area contributed by atoms with Gasteiger partial charge in [-0.15, -0.1) is 0 Å². The van der Waals surface area contributed by atoms with Crippen LogP contribution in [0.25, 0.3) is 0 Å². The van der Waals surface area contributed by atoms with E-state index in [1.54, 1.807) is 0 Å². The van der Waals surface area contributed by atoms with Gasteiger partial charge >= 0.3 is 0 Å². The van der Waals surface area contributed by atoms with E-state index in [2.05, 4.69) is 24.3 Å². The topological polar surface area (TPSA) is 17.1 Å². The number of benzene rings is 1. The fourth-order valence-corrected chi connectivity index (χ4v) is 2.76. The van der Waals surface area contributed by atoms with Crippen LogP contribution in [0, 0.1) is 5.92 Å². The summed E-state index contributed by atoms with van der Waals surface area (Å²) in [6, 6.07) is 10.6. The summed E-state index contributed by atoms with van der Waals surface area (Å²) in [6.45, 7) is 3.94. The molecule has 1 heteroatoms. The van der Waals surface area contributed by atoms with Gasteiger partial charge in [0.05, 0.1) is 0 Å². The van der Waals surface area contributed by atoms with E-state index >= 15 is 0 Å². The van der Waals surface area contributed by atoms with E-state index in [0.717, 1.165) is 12.0 Å². The molecule has 0 saturated heterocycles. The molecule has 2 atom stereocenters. The van der Waals surface area contributed by atoms with Crippen molar-refractivity contribution in [1.82, 2.24) is 0 Å². The molecule has 0 radical (unpaired) electrons. The van der Waals surface area contributed by atoms with Gasteiger partial charge in [-0.3, -0.25) is 4.79 Å². The van der Waals surface area contributed by atoms with Gasteiger partial charge in [-0.2, -0.15) is 0 Å². The Labute approximate surface area is 104 Å². The Morgan fingerprint density at radius 1 is 1.29 bits per heavy atom. The SMILES string of the molecule is C/C=C(/C(=O)CC)C1CCC1c1ccccc1. The molecule has 17 heavy (non-hydrogen) atoms. The minimum Gasteiger partial charge on any atom is -0.295 e. The molecule has 0 N–H and O–H groups in total. The van der Waals surface area contributed by atoms with Crippen LogP contribution in [0.5, 0.6) is 0 Å². The van der Waals surface area contributed by atoms with E-state index < -0.39 is 0 Å². The summed E-state index contributed by atoms with van der Waals surface area (Å²) in [5, 5.41) is 0. The quantitative estimate of drug-likeness (QED) is 0.709. The first-order valence-electron chi connectivity index (χ1n) is 6.52. The highest BCUT2D eigenvalue weighted by Gasteiger charge is 2.36. The number of hydrogen-bond acceptors (Lipinski definition) is 1. The maximum Gasteiger partial charge on any atom is 0.158 e. The zero-order valence-corrected chi connectivity index (χ0v) is 10.6. The third-order valence-corrected chi connectivity index (χ3v) is 3.86. The molecule has 1 aliphatic rings. The number of carbonyl (C=O) groups is 1.